The third-order valence-corrected chi connectivity index (χ3v) is 2.58. The summed E-state index contributed by atoms with van der Waals surface area (Å²) in [5.74, 6) is -1.05. The number of primary amides is 1. The van der Waals surface area contributed by atoms with Crippen molar-refractivity contribution in [2.24, 2.45) is 5.73 Å². The van der Waals surface area contributed by atoms with Gasteiger partial charge in [0.05, 0.1) is 6.10 Å². The van der Waals surface area contributed by atoms with Crippen molar-refractivity contribution < 1.29 is 19.1 Å². The smallest absolute Gasteiger partial charge is 0.302 e. The maximum Gasteiger partial charge on any atom is 0.302 e. The molecule has 2 rings (SSSR count). The number of carbonyl (C=O) groups excluding carboxylic acids is 2. The third-order valence-electron chi connectivity index (χ3n) is 2.58. The quantitative estimate of drug-likeness (QED) is 0.733. The molecule has 0 saturated carbocycles. The van der Waals surface area contributed by atoms with E-state index in [0.717, 1.165) is 6.42 Å². The lowest BCUT2D eigenvalue weighted by Crippen LogP contribution is -2.19. The predicted molar refractivity (Wildman–Crippen MR) is 58.3 cm³/mol. The average Bonchev–Trinajstić information content (AvgIpc) is 2.95. The highest BCUT2D eigenvalue weighted by Crippen LogP contribution is 2.27. The normalized spacial score (nSPS) is 22.9. The zero-order chi connectivity index (χ0) is 13.1. The number of hydrogen-bond donors (Lipinski definition) is 1. The molecular formula is C10H14N4O4. The number of carbonyl (C=O) groups is 2. The summed E-state index contributed by atoms with van der Waals surface area (Å²) in [5.41, 5.74) is 5.06. The Balaban J connectivity index is 1.91. The Labute approximate surface area is 103 Å². The molecule has 0 aliphatic carbocycles. The second kappa shape index (κ2) is 5.13. The van der Waals surface area contributed by atoms with Crippen LogP contribution in [-0.4, -0.2) is 39.4 Å². The number of rotatable bonds is 4. The maximum absolute atomic E-state index is 10.9. The molecule has 0 spiro atoms. The van der Waals surface area contributed by atoms with Gasteiger partial charge in [0.25, 0.3) is 5.91 Å². The molecule has 1 amide bonds. The van der Waals surface area contributed by atoms with E-state index < -0.39 is 5.91 Å². The van der Waals surface area contributed by atoms with Gasteiger partial charge in [-0.2, -0.15) is 0 Å². The van der Waals surface area contributed by atoms with Crippen LogP contribution >= 0.6 is 0 Å². The zero-order valence-electron chi connectivity index (χ0n) is 9.91. The van der Waals surface area contributed by atoms with Gasteiger partial charge in [-0.1, -0.05) is 0 Å². The van der Waals surface area contributed by atoms with Crippen LogP contribution in [0.5, 0.6) is 0 Å². The van der Waals surface area contributed by atoms with Gasteiger partial charge in [-0.15, -0.1) is 5.10 Å². The number of aromatic nitrogens is 3. The Morgan fingerprint density at radius 1 is 1.61 bits per heavy atom. The fourth-order valence-corrected chi connectivity index (χ4v) is 1.74. The van der Waals surface area contributed by atoms with Gasteiger partial charge >= 0.3 is 5.97 Å². The van der Waals surface area contributed by atoms with Crippen LogP contribution in [0, 0.1) is 0 Å². The standard InChI is InChI=1S/C10H14N4O4/c1-6(15)17-4-7-2-3-8(18-7)14-5-12-10(13-14)9(11)16/h5,7-8H,2-4H2,1H3,(H2,11,16)/t7-,8+/m0/s1. The molecule has 2 heterocycles. The third kappa shape index (κ3) is 2.83. The minimum Gasteiger partial charge on any atom is -0.463 e. The molecule has 1 aromatic rings. The van der Waals surface area contributed by atoms with Crippen molar-refractivity contribution in [3.05, 3.63) is 12.2 Å². The first-order valence-corrected chi connectivity index (χ1v) is 5.56. The Hall–Kier alpha value is -1.96. The second-order valence-corrected chi connectivity index (χ2v) is 4.01. The zero-order valence-corrected chi connectivity index (χ0v) is 9.91. The Morgan fingerprint density at radius 2 is 2.39 bits per heavy atom. The van der Waals surface area contributed by atoms with Crippen LogP contribution in [0.1, 0.15) is 36.6 Å². The van der Waals surface area contributed by atoms with Crippen molar-refractivity contribution in [2.75, 3.05) is 6.61 Å². The molecule has 0 unspecified atom stereocenters. The van der Waals surface area contributed by atoms with Crippen molar-refractivity contribution in [1.82, 2.24) is 14.8 Å². The van der Waals surface area contributed by atoms with E-state index in [9.17, 15) is 9.59 Å². The summed E-state index contributed by atoms with van der Waals surface area (Å²) in [6.07, 6.45) is 2.42. The topological polar surface area (TPSA) is 109 Å². The Kier molecular flexibility index (Phi) is 3.56. The molecule has 98 valence electrons. The number of hydrogen-bond acceptors (Lipinski definition) is 6. The molecule has 1 aromatic heterocycles. The van der Waals surface area contributed by atoms with Gasteiger partial charge in [-0.3, -0.25) is 9.59 Å². The molecule has 8 nitrogen and oxygen atoms in total. The molecule has 1 aliphatic heterocycles. The summed E-state index contributed by atoms with van der Waals surface area (Å²) < 4.78 is 11.9. The van der Waals surface area contributed by atoms with Crippen LogP contribution < -0.4 is 5.73 Å². The van der Waals surface area contributed by atoms with E-state index in [4.69, 9.17) is 15.2 Å². The first kappa shape index (κ1) is 12.5. The molecule has 18 heavy (non-hydrogen) atoms. The Morgan fingerprint density at radius 3 is 3.00 bits per heavy atom. The first-order chi connectivity index (χ1) is 8.56. The number of ether oxygens (including phenoxy) is 2. The molecule has 0 aromatic carbocycles. The lowest BCUT2D eigenvalue weighted by atomic mass is 10.2. The van der Waals surface area contributed by atoms with E-state index >= 15 is 0 Å². The van der Waals surface area contributed by atoms with Gasteiger partial charge in [0.15, 0.2) is 6.23 Å². The summed E-state index contributed by atoms with van der Waals surface area (Å²) in [7, 11) is 0. The Bertz CT molecular complexity index is 458. The van der Waals surface area contributed by atoms with Crippen LogP contribution in [-0.2, 0) is 14.3 Å². The fourth-order valence-electron chi connectivity index (χ4n) is 1.74. The summed E-state index contributed by atoms with van der Waals surface area (Å²) >= 11 is 0. The molecule has 0 bridgehead atoms. The van der Waals surface area contributed by atoms with Gasteiger partial charge in [0.1, 0.15) is 12.9 Å². The number of nitrogens with two attached hydrogens (primary N) is 1. The SMILES string of the molecule is CC(=O)OC[C@@H]1CC[C@H](n2cnc(C(N)=O)n2)O1. The van der Waals surface area contributed by atoms with Crippen molar-refractivity contribution in [2.45, 2.75) is 32.1 Å². The highest BCUT2D eigenvalue weighted by Gasteiger charge is 2.28. The summed E-state index contributed by atoms with van der Waals surface area (Å²) in [4.78, 5) is 25.3. The summed E-state index contributed by atoms with van der Waals surface area (Å²) in [6, 6.07) is 0. The molecule has 8 heteroatoms. The molecule has 2 atom stereocenters. The second-order valence-electron chi connectivity index (χ2n) is 4.01. The monoisotopic (exact) mass is 254 g/mol. The first-order valence-electron chi connectivity index (χ1n) is 5.56. The molecular weight excluding hydrogens is 240 g/mol. The molecule has 2 N–H and O–H groups in total. The van der Waals surface area contributed by atoms with Crippen molar-refractivity contribution in [1.29, 1.82) is 0 Å². The molecule has 1 aliphatic rings. The van der Waals surface area contributed by atoms with Gasteiger partial charge in [0, 0.05) is 6.92 Å². The largest absolute Gasteiger partial charge is 0.463 e. The predicted octanol–water partition coefficient (Wildman–Crippen LogP) is -0.382. The van der Waals surface area contributed by atoms with Crippen LogP contribution in [0.25, 0.3) is 0 Å². The van der Waals surface area contributed by atoms with E-state index in [1.165, 1.54) is 17.9 Å². The molecule has 0 radical (unpaired) electrons. The highest BCUT2D eigenvalue weighted by atomic mass is 16.6. The van der Waals surface area contributed by atoms with Gasteiger partial charge < -0.3 is 15.2 Å². The fraction of sp³-hybridized carbons (Fsp3) is 0.600. The number of esters is 1. The summed E-state index contributed by atoms with van der Waals surface area (Å²) in [6.45, 7) is 1.58. The van der Waals surface area contributed by atoms with Crippen molar-refractivity contribution >= 4 is 11.9 Å². The lowest BCUT2D eigenvalue weighted by Gasteiger charge is -2.13. The average molecular weight is 254 g/mol. The maximum atomic E-state index is 10.9. The minimum absolute atomic E-state index is 0.0398. The van der Waals surface area contributed by atoms with Crippen LogP contribution in [0.3, 0.4) is 0 Å². The molecule has 1 fully saturated rings. The van der Waals surface area contributed by atoms with Crippen LogP contribution in [0.2, 0.25) is 0 Å². The summed E-state index contributed by atoms with van der Waals surface area (Å²) in [5, 5.41) is 3.92. The van der Waals surface area contributed by atoms with Crippen LogP contribution in [0.15, 0.2) is 6.33 Å². The van der Waals surface area contributed by atoms with Gasteiger partial charge in [0.2, 0.25) is 5.82 Å². The van der Waals surface area contributed by atoms with E-state index in [0.29, 0.717) is 6.42 Å². The van der Waals surface area contributed by atoms with Crippen molar-refractivity contribution in [3.63, 3.8) is 0 Å². The van der Waals surface area contributed by atoms with Gasteiger partial charge in [-0.25, -0.2) is 9.67 Å². The highest BCUT2D eigenvalue weighted by molar-refractivity contribution is 5.88. The molecule has 1 saturated heterocycles. The van der Waals surface area contributed by atoms with Crippen LogP contribution in [0.4, 0.5) is 0 Å². The number of nitrogens with zero attached hydrogens (tertiary/aromatic N) is 3. The van der Waals surface area contributed by atoms with Crippen molar-refractivity contribution in [3.8, 4) is 0 Å². The lowest BCUT2D eigenvalue weighted by molar-refractivity contribution is -0.145. The van der Waals surface area contributed by atoms with E-state index in [-0.39, 0.29) is 30.7 Å². The van der Waals surface area contributed by atoms with E-state index in [1.54, 1.807) is 0 Å². The minimum atomic E-state index is -0.678. The van der Waals surface area contributed by atoms with E-state index in [2.05, 4.69) is 10.1 Å². The van der Waals surface area contributed by atoms with E-state index in [1.807, 2.05) is 0 Å². The van der Waals surface area contributed by atoms with Gasteiger partial charge in [-0.05, 0) is 12.8 Å². The number of amides is 1.